The lowest BCUT2D eigenvalue weighted by atomic mass is 10.0. The van der Waals surface area contributed by atoms with E-state index in [9.17, 15) is 0 Å². The van der Waals surface area contributed by atoms with Gasteiger partial charge < -0.3 is 15.8 Å². The molecule has 0 amide bonds. The number of anilines is 2. The minimum atomic E-state index is 0.362. The van der Waals surface area contributed by atoms with Crippen molar-refractivity contribution in [2.45, 2.75) is 6.04 Å². The lowest BCUT2D eigenvalue weighted by molar-refractivity contribution is 0.0211. The monoisotopic (exact) mass is 280 g/mol. The molecule has 106 valence electrons. The second-order valence-corrected chi connectivity index (χ2v) is 5.39. The fraction of sp³-hybridized carbons (Fsp3) is 0.250. The number of hydrogen-bond acceptors (Lipinski definition) is 5. The van der Waals surface area contributed by atoms with E-state index < -0.39 is 0 Å². The van der Waals surface area contributed by atoms with Crippen LogP contribution in [0.2, 0.25) is 0 Å². The lowest BCUT2D eigenvalue weighted by Crippen LogP contribution is -2.40. The quantitative estimate of drug-likeness (QED) is 0.903. The van der Waals surface area contributed by atoms with E-state index in [4.69, 9.17) is 10.5 Å². The van der Waals surface area contributed by atoms with Crippen molar-refractivity contribution >= 4 is 34.2 Å². The van der Waals surface area contributed by atoms with Crippen LogP contribution in [0.5, 0.6) is 0 Å². The van der Waals surface area contributed by atoms with Gasteiger partial charge in [0.25, 0.3) is 0 Å². The molecule has 1 saturated heterocycles. The number of nitrogens with one attached hydrogen (secondary N) is 1. The van der Waals surface area contributed by atoms with E-state index in [1.165, 1.54) is 5.57 Å². The predicted molar refractivity (Wildman–Crippen MR) is 85.7 cm³/mol. The third kappa shape index (κ3) is 2.25. The van der Waals surface area contributed by atoms with Gasteiger partial charge in [-0.2, -0.15) is 0 Å². The van der Waals surface area contributed by atoms with Gasteiger partial charge in [0.1, 0.15) is 5.82 Å². The molecule has 3 N–H and O–H groups in total. The smallest absolute Gasteiger partial charge is 0.126 e. The average Bonchev–Trinajstić information content (AvgIpc) is 2.96. The van der Waals surface area contributed by atoms with Crippen molar-refractivity contribution in [2.75, 3.05) is 30.8 Å². The number of allylic oxidation sites excluding steroid dienone is 1. The largest absolute Gasteiger partial charge is 0.384 e. The van der Waals surface area contributed by atoms with E-state index in [0.29, 0.717) is 11.9 Å². The van der Waals surface area contributed by atoms with Crippen LogP contribution in [0.15, 0.2) is 35.3 Å². The Morgan fingerprint density at radius 2 is 2.14 bits per heavy atom. The SMILES string of the molecule is Nc1cc(NC2COC2)c2ccc(C3=CC=NC3)cc2n1. The van der Waals surface area contributed by atoms with Crippen LogP contribution in [0.1, 0.15) is 5.56 Å². The lowest BCUT2D eigenvalue weighted by Gasteiger charge is -2.28. The summed E-state index contributed by atoms with van der Waals surface area (Å²) in [5.74, 6) is 0.527. The van der Waals surface area contributed by atoms with Gasteiger partial charge in [0, 0.05) is 23.4 Å². The van der Waals surface area contributed by atoms with Crippen molar-refractivity contribution < 1.29 is 4.74 Å². The van der Waals surface area contributed by atoms with E-state index >= 15 is 0 Å². The van der Waals surface area contributed by atoms with Crippen molar-refractivity contribution in [3.8, 4) is 0 Å². The summed E-state index contributed by atoms with van der Waals surface area (Å²) in [5.41, 5.74) is 10.2. The molecule has 3 heterocycles. The van der Waals surface area contributed by atoms with Gasteiger partial charge in [0.15, 0.2) is 0 Å². The number of rotatable bonds is 3. The van der Waals surface area contributed by atoms with E-state index in [1.54, 1.807) is 0 Å². The molecule has 0 atom stereocenters. The topological polar surface area (TPSA) is 72.5 Å². The fourth-order valence-electron chi connectivity index (χ4n) is 2.64. The van der Waals surface area contributed by atoms with Crippen molar-refractivity contribution in [3.05, 3.63) is 35.9 Å². The molecule has 0 unspecified atom stereocenters. The van der Waals surface area contributed by atoms with E-state index in [0.717, 1.165) is 41.9 Å². The van der Waals surface area contributed by atoms with Crippen LogP contribution in [0.25, 0.3) is 16.5 Å². The zero-order valence-electron chi connectivity index (χ0n) is 11.5. The summed E-state index contributed by atoms with van der Waals surface area (Å²) in [4.78, 5) is 8.68. The third-order valence-electron chi connectivity index (χ3n) is 3.84. The first-order valence-corrected chi connectivity index (χ1v) is 7.03. The fourth-order valence-corrected chi connectivity index (χ4v) is 2.64. The van der Waals surface area contributed by atoms with E-state index in [1.807, 2.05) is 18.4 Å². The maximum Gasteiger partial charge on any atom is 0.126 e. The standard InChI is InChI=1S/C16H16N4O/c17-16-6-15(19-12-8-21-9-12)13-2-1-10(5-14(13)20-16)11-3-4-18-7-11/h1-6,12H,7-9H2,(H3,17,19,20). The molecule has 0 aliphatic carbocycles. The summed E-state index contributed by atoms with van der Waals surface area (Å²) < 4.78 is 5.21. The first kappa shape index (κ1) is 12.3. The number of fused-ring (bicyclic) bond motifs is 1. The van der Waals surface area contributed by atoms with Gasteiger partial charge in [-0.3, -0.25) is 4.99 Å². The van der Waals surface area contributed by atoms with Gasteiger partial charge >= 0.3 is 0 Å². The molecule has 0 saturated carbocycles. The summed E-state index contributed by atoms with van der Waals surface area (Å²) in [7, 11) is 0. The highest BCUT2D eigenvalue weighted by Gasteiger charge is 2.19. The number of pyridine rings is 1. The number of nitrogens with zero attached hydrogens (tertiary/aromatic N) is 2. The first-order valence-electron chi connectivity index (χ1n) is 7.03. The molecule has 0 bridgehead atoms. The highest BCUT2D eigenvalue weighted by atomic mass is 16.5. The molecule has 1 fully saturated rings. The van der Waals surface area contributed by atoms with E-state index in [2.05, 4.69) is 33.5 Å². The van der Waals surface area contributed by atoms with Crippen LogP contribution in [-0.4, -0.2) is 37.0 Å². The molecule has 0 spiro atoms. The minimum absolute atomic E-state index is 0.362. The molecule has 5 nitrogen and oxygen atoms in total. The van der Waals surface area contributed by atoms with Gasteiger partial charge in [-0.25, -0.2) is 4.98 Å². The van der Waals surface area contributed by atoms with Crippen molar-refractivity contribution in [3.63, 3.8) is 0 Å². The number of nitrogens with two attached hydrogens (primary N) is 1. The molecule has 4 rings (SSSR count). The number of hydrogen-bond donors (Lipinski definition) is 2. The van der Waals surface area contributed by atoms with Gasteiger partial charge in [0.2, 0.25) is 0 Å². The number of ether oxygens (including phenoxy) is 1. The molecule has 1 aromatic heterocycles. The van der Waals surface area contributed by atoms with Crippen molar-refractivity contribution in [1.82, 2.24) is 4.98 Å². The molecule has 2 aliphatic heterocycles. The number of aromatic nitrogens is 1. The van der Waals surface area contributed by atoms with Crippen molar-refractivity contribution in [1.29, 1.82) is 0 Å². The molecule has 1 aromatic carbocycles. The normalized spacial score (nSPS) is 17.8. The summed E-state index contributed by atoms with van der Waals surface area (Å²) >= 11 is 0. The van der Waals surface area contributed by atoms with Gasteiger partial charge in [0.05, 0.1) is 31.3 Å². The van der Waals surface area contributed by atoms with Crippen LogP contribution in [0, 0.1) is 0 Å². The van der Waals surface area contributed by atoms with Gasteiger partial charge in [-0.05, 0) is 23.3 Å². The molecule has 0 radical (unpaired) electrons. The molecule has 2 aromatic rings. The molecular weight excluding hydrogens is 264 g/mol. The Morgan fingerprint density at radius 3 is 2.86 bits per heavy atom. The number of nitrogen functional groups attached to an aromatic ring is 1. The maximum atomic E-state index is 5.94. The highest BCUT2D eigenvalue weighted by molar-refractivity contribution is 5.97. The molecular formula is C16H16N4O. The zero-order valence-corrected chi connectivity index (χ0v) is 11.5. The van der Waals surface area contributed by atoms with Crippen LogP contribution in [0.4, 0.5) is 11.5 Å². The Morgan fingerprint density at radius 1 is 1.24 bits per heavy atom. The van der Waals surface area contributed by atoms with Gasteiger partial charge in [-0.15, -0.1) is 0 Å². The van der Waals surface area contributed by atoms with Crippen LogP contribution in [-0.2, 0) is 4.74 Å². The van der Waals surface area contributed by atoms with Crippen LogP contribution in [0.3, 0.4) is 0 Å². The Hall–Kier alpha value is -2.40. The molecule has 5 heteroatoms. The summed E-state index contributed by atoms with van der Waals surface area (Å²) in [6.07, 6.45) is 3.88. The predicted octanol–water partition coefficient (Wildman–Crippen LogP) is 2.10. The summed E-state index contributed by atoms with van der Waals surface area (Å²) in [6, 6.07) is 8.54. The van der Waals surface area contributed by atoms with Crippen LogP contribution < -0.4 is 11.1 Å². The van der Waals surface area contributed by atoms with Crippen LogP contribution >= 0.6 is 0 Å². The highest BCUT2D eigenvalue weighted by Crippen LogP contribution is 2.29. The summed E-state index contributed by atoms with van der Waals surface area (Å²) in [5, 5.41) is 4.55. The second-order valence-electron chi connectivity index (χ2n) is 5.39. The third-order valence-corrected chi connectivity index (χ3v) is 3.84. The zero-order chi connectivity index (χ0) is 14.2. The minimum Gasteiger partial charge on any atom is -0.384 e. The van der Waals surface area contributed by atoms with E-state index in [-0.39, 0.29) is 0 Å². The Bertz CT molecular complexity index is 762. The average molecular weight is 280 g/mol. The second kappa shape index (κ2) is 4.86. The Labute approximate surface area is 122 Å². The molecule has 21 heavy (non-hydrogen) atoms. The van der Waals surface area contributed by atoms with Gasteiger partial charge in [-0.1, -0.05) is 12.1 Å². The number of aliphatic imine (C=N–C) groups is 1. The maximum absolute atomic E-state index is 5.94. The number of benzene rings is 1. The van der Waals surface area contributed by atoms with Crippen molar-refractivity contribution in [2.24, 2.45) is 4.99 Å². The molecule has 2 aliphatic rings. The summed E-state index contributed by atoms with van der Waals surface area (Å²) in [6.45, 7) is 2.22. The Balaban J connectivity index is 1.76. The Kier molecular flexibility index (Phi) is 2.86. The first-order chi connectivity index (χ1) is 10.3.